The Morgan fingerprint density at radius 1 is 1.40 bits per heavy atom. The normalized spacial score (nSPS) is 16.8. The summed E-state index contributed by atoms with van der Waals surface area (Å²) >= 11 is 5.01. The standard InChI is InChI=1S/C6H8N2OS/c10-6-4-3-9-2-1-5(4)7-8-6/h1-3H2,(H2,7,8,10). The fourth-order valence-electron chi connectivity index (χ4n) is 1.13. The summed E-state index contributed by atoms with van der Waals surface area (Å²) in [6.07, 6.45) is 0.947. The van der Waals surface area contributed by atoms with E-state index in [1.165, 1.54) is 5.69 Å². The maximum Gasteiger partial charge on any atom is 0.125 e. The molecule has 10 heavy (non-hydrogen) atoms. The van der Waals surface area contributed by atoms with Crippen LogP contribution in [0.3, 0.4) is 0 Å². The summed E-state index contributed by atoms with van der Waals surface area (Å²) in [5.41, 5.74) is 2.33. The zero-order valence-electron chi connectivity index (χ0n) is 5.44. The zero-order valence-corrected chi connectivity index (χ0v) is 6.25. The fraction of sp³-hybridized carbons (Fsp3) is 0.500. The SMILES string of the molecule is S=c1[nH][nH]c2c1COCC2. The lowest BCUT2D eigenvalue weighted by Crippen LogP contribution is -2.08. The molecule has 1 aliphatic heterocycles. The van der Waals surface area contributed by atoms with Gasteiger partial charge in [0.15, 0.2) is 0 Å². The van der Waals surface area contributed by atoms with Crippen LogP contribution in [0.4, 0.5) is 0 Å². The zero-order chi connectivity index (χ0) is 6.97. The van der Waals surface area contributed by atoms with Gasteiger partial charge in [0, 0.05) is 17.7 Å². The first-order valence-corrected chi connectivity index (χ1v) is 3.65. The number of hydrogen-bond acceptors (Lipinski definition) is 2. The van der Waals surface area contributed by atoms with Crippen molar-refractivity contribution in [1.82, 2.24) is 10.2 Å². The van der Waals surface area contributed by atoms with E-state index in [0.717, 1.165) is 23.2 Å². The van der Waals surface area contributed by atoms with Gasteiger partial charge in [-0.2, -0.15) is 0 Å². The largest absolute Gasteiger partial charge is 0.376 e. The molecule has 0 bridgehead atoms. The molecule has 0 fully saturated rings. The second-order valence-electron chi connectivity index (χ2n) is 2.34. The summed E-state index contributed by atoms with van der Waals surface area (Å²) in [7, 11) is 0. The first-order chi connectivity index (χ1) is 4.88. The predicted octanol–water partition coefficient (Wildman–Crippen LogP) is 1.14. The van der Waals surface area contributed by atoms with Gasteiger partial charge in [-0.3, -0.25) is 5.10 Å². The van der Waals surface area contributed by atoms with Crippen LogP contribution in [0.2, 0.25) is 0 Å². The molecule has 0 unspecified atom stereocenters. The van der Waals surface area contributed by atoms with Crippen LogP contribution in [0.15, 0.2) is 0 Å². The van der Waals surface area contributed by atoms with Crippen LogP contribution in [0.5, 0.6) is 0 Å². The number of ether oxygens (including phenoxy) is 1. The Balaban J connectivity index is 2.55. The molecule has 0 saturated carbocycles. The van der Waals surface area contributed by atoms with Gasteiger partial charge < -0.3 is 9.84 Å². The van der Waals surface area contributed by atoms with Crippen molar-refractivity contribution >= 4 is 12.2 Å². The Morgan fingerprint density at radius 3 is 3.10 bits per heavy atom. The first-order valence-electron chi connectivity index (χ1n) is 3.24. The Morgan fingerprint density at radius 2 is 2.30 bits per heavy atom. The third-order valence-electron chi connectivity index (χ3n) is 1.71. The fourth-order valence-corrected chi connectivity index (χ4v) is 1.37. The summed E-state index contributed by atoms with van der Waals surface area (Å²) in [4.78, 5) is 0. The average Bonchev–Trinajstić information content (AvgIpc) is 2.34. The van der Waals surface area contributed by atoms with E-state index in [1.807, 2.05) is 0 Å². The Labute approximate surface area is 63.4 Å². The van der Waals surface area contributed by atoms with E-state index in [4.69, 9.17) is 17.0 Å². The maximum atomic E-state index is 5.23. The van der Waals surface area contributed by atoms with Crippen molar-refractivity contribution in [2.24, 2.45) is 0 Å². The smallest absolute Gasteiger partial charge is 0.125 e. The molecule has 0 spiro atoms. The molecule has 1 aliphatic rings. The van der Waals surface area contributed by atoms with E-state index in [9.17, 15) is 0 Å². The van der Waals surface area contributed by atoms with Crippen molar-refractivity contribution in [1.29, 1.82) is 0 Å². The van der Waals surface area contributed by atoms with Crippen LogP contribution < -0.4 is 0 Å². The molecule has 4 heteroatoms. The number of aromatic amines is 2. The summed E-state index contributed by atoms with van der Waals surface area (Å²) < 4.78 is 6.02. The molecule has 54 valence electrons. The maximum absolute atomic E-state index is 5.23. The second-order valence-corrected chi connectivity index (χ2v) is 2.75. The minimum Gasteiger partial charge on any atom is -0.376 e. The lowest BCUT2D eigenvalue weighted by Gasteiger charge is -2.09. The molecular formula is C6H8N2OS. The van der Waals surface area contributed by atoms with Crippen molar-refractivity contribution in [3.63, 3.8) is 0 Å². The minimum atomic E-state index is 0.661. The van der Waals surface area contributed by atoms with E-state index in [-0.39, 0.29) is 0 Å². The van der Waals surface area contributed by atoms with Crippen LogP contribution in [0, 0.1) is 4.64 Å². The molecule has 0 amide bonds. The molecule has 0 saturated heterocycles. The van der Waals surface area contributed by atoms with Crippen molar-refractivity contribution in [3.8, 4) is 0 Å². The molecule has 3 nitrogen and oxygen atoms in total. The molecule has 1 aromatic heterocycles. The molecule has 2 heterocycles. The molecule has 2 rings (SSSR count). The highest BCUT2D eigenvalue weighted by molar-refractivity contribution is 7.71. The molecular weight excluding hydrogens is 148 g/mol. The number of hydrogen-bond donors (Lipinski definition) is 2. The molecule has 0 aromatic carbocycles. The second kappa shape index (κ2) is 2.21. The van der Waals surface area contributed by atoms with E-state index in [2.05, 4.69) is 10.2 Å². The number of H-pyrrole nitrogens is 2. The lowest BCUT2D eigenvalue weighted by atomic mass is 10.2. The van der Waals surface area contributed by atoms with Crippen LogP contribution in [0.1, 0.15) is 11.3 Å². The third kappa shape index (κ3) is 0.803. The van der Waals surface area contributed by atoms with Gasteiger partial charge in [-0.1, -0.05) is 12.2 Å². The van der Waals surface area contributed by atoms with Crippen molar-refractivity contribution < 1.29 is 4.74 Å². The summed E-state index contributed by atoms with van der Waals surface area (Å²) in [5.74, 6) is 0. The van der Waals surface area contributed by atoms with Gasteiger partial charge in [0.1, 0.15) is 4.64 Å². The van der Waals surface area contributed by atoms with Gasteiger partial charge in [-0.15, -0.1) is 0 Å². The molecule has 0 radical (unpaired) electrons. The van der Waals surface area contributed by atoms with E-state index >= 15 is 0 Å². The minimum absolute atomic E-state index is 0.661. The van der Waals surface area contributed by atoms with Crippen molar-refractivity contribution in [2.45, 2.75) is 13.0 Å². The molecule has 0 aliphatic carbocycles. The average molecular weight is 156 g/mol. The Bertz CT molecular complexity index is 288. The molecule has 0 atom stereocenters. The quantitative estimate of drug-likeness (QED) is 0.553. The first kappa shape index (κ1) is 6.12. The number of nitrogens with one attached hydrogen (secondary N) is 2. The third-order valence-corrected chi connectivity index (χ3v) is 2.06. The Kier molecular flexibility index (Phi) is 1.35. The van der Waals surface area contributed by atoms with Gasteiger partial charge in [-0.25, -0.2) is 0 Å². The summed E-state index contributed by atoms with van der Waals surface area (Å²) in [6, 6.07) is 0. The van der Waals surface area contributed by atoms with Gasteiger partial charge in [0.2, 0.25) is 0 Å². The van der Waals surface area contributed by atoms with Crippen molar-refractivity contribution in [3.05, 3.63) is 15.9 Å². The van der Waals surface area contributed by atoms with Gasteiger partial charge in [0.05, 0.1) is 13.2 Å². The Hall–Kier alpha value is -0.610. The number of aromatic nitrogens is 2. The topological polar surface area (TPSA) is 40.8 Å². The van der Waals surface area contributed by atoms with Crippen molar-refractivity contribution in [2.75, 3.05) is 6.61 Å². The van der Waals surface area contributed by atoms with Crippen LogP contribution in [-0.4, -0.2) is 16.8 Å². The van der Waals surface area contributed by atoms with E-state index < -0.39 is 0 Å². The highest BCUT2D eigenvalue weighted by Gasteiger charge is 2.11. The van der Waals surface area contributed by atoms with Crippen LogP contribution in [-0.2, 0) is 17.8 Å². The van der Waals surface area contributed by atoms with Crippen LogP contribution >= 0.6 is 12.2 Å². The van der Waals surface area contributed by atoms with E-state index in [1.54, 1.807) is 0 Å². The molecule has 1 aromatic rings. The monoisotopic (exact) mass is 156 g/mol. The lowest BCUT2D eigenvalue weighted by molar-refractivity contribution is 0.110. The predicted molar refractivity (Wildman–Crippen MR) is 39.3 cm³/mol. The van der Waals surface area contributed by atoms with Gasteiger partial charge in [0.25, 0.3) is 0 Å². The number of fused-ring (bicyclic) bond motifs is 1. The van der Waals surface area contributed by atoms with Gasteiger partial charge >= 0.3 is 0 Å². The molecule has 2 N–H and O–H groups in total. The number of rotatable bonds is 0. The summed E-state index contributed by atoms with van der Waals surface area (Å²) in [5, 5.41) is 5.91. The van der Waals surface area contributed by atoms with E-state index in [0.29, 0.717) is 6.61 Å². The summed E-state index contributed by atoms with van der Waals surface area (Å²) in [6.45, 7) is 1.46. The highest BCUT2D eigenvalue weighted by atomic mass is 32.1. The van der Waals surface area contributed by atoms with Crippen LogP contribution in [0.25, 0.3) is 0 Å². The van der Waals surface area contributed by atoms with Gasteiger partial charge in [-0.05, 0) is 0 Å². The highest BCUT2D eigenvalue weighted by Crippen LogP contribution is 2.13.